The van der Waals surface area contributed by atoms with Gasteiger partial charge in [0.2, 0.25) is 0 Å². The molecule has 6 nitrogen and oxygen atoms in total. The Balaban J connectivity index is 1.61. The normalized spacial score (nSPS) is 19.0. The Morgan fingerprint density at radius 2 is 2.27 bits per heavy atom. The van der Waals surface area contributed by atoms with Crippen LogP contribution in [0.2, 0.25) is 0 Å². The largest absolute Gasteiger partial charge is 0.376 e. The van der Waals surface area contributed by atoms with Crippen molar-refractivity contribution in [2.24, 2.45) is 0 Å². The van der Waals surface area contributed by atoms with E-state index in [1.165, 1.54) is 0 Å². The van der Waals surface area contributed by atoms with Crippen molar-refractivity contribution >= 4 is 5.91 Å². The predicted molar refractivity (Wildman–Crippen MR) is 81.6 cm³/mol. The molecular formula is C16H20N4O2. The molecule has 0 bridgehead atoms. The lowest BCUT2D eigenvalue weighted by atomic mass is 10.1. The molecule has 2 atom stereocenters. The minimum atomic E-state index is -0.206. The number of carbonyl (C=O) groups excluding carboxylic acids is 1. The van der Waals surface area contributed by atoms with Gasteiger partial charge in [0.05, 0.1) is 18.3 Å². The van der Waals surface area contributed by atoms with E-state index in [-0.39, 0.29) is 18.1 Å². The Bertz CT molecular complexity index is 620. The van der Waals surface area contributed by atoms with Crippen molar-refractivity contribution in [2.45, 2.75) is 31.9 Å². The molecule has 1 N–H and O–H groups in total. The van der Waals surface area contributed by atoms with Crippen LogP contribution in [0.15, 0.2) is 36.5 Å². The van der Waals surface area contributed by atoms with E-state index in [9.17, 15) is 4.79 Å². The van der Waals surface area contributed by atoms with Crippen molar-refractivity contribution in [3.63, 3.8) is 0 Å². The van der Waals surface area contributed by atoms with Gasteiger partial charge in [0.15, 0.2) is 5.69 Å². The molecule has 1 saturated heterocycles. The maximum Gasteiger partial charge on any atom is 0.273 e. The summed E-state index contributed by atoms with van der Waals surface area (Å²) in [5.74, 6) is -0.206. The summed E-state index contributed by atoms with van der Waals surface area (Å²) in [5.41, 5.74) is 1.46. The molecule has 6 heteroatoms. The van der Waals surface area contributed by atoms with Crippen molar-refractivity contribution < 1.29 is 9.53 Å². The summed E-state index contributed by atoms with van der Waals surface area (Å²) < 4.78 is 7.19. The second-order valence-electron chi connectivity index (χ2n) is 5.52. The number of benzene rings is 1. The zero-order valence-corrected chi connectivity index (χ0v) is 12.6. The van der Waals surface area contributed by atoms with Crippen LogP contribution >= 0.6 is 0 Å². The molecule has 1 fully saturated rings. The highest BCUT2D eigenvalue weighted by atomic mass is 16.5. The molecule has 0 radical (unpaired) electrons. The van der Waals surface area contributed by atoms with Crippen molar-refractivity contribution in [3.05, 3.63) is 47.8 Å². The van der Waals surface area contributed by atoms with E-state index in [0.717, 1.165) is 25.0 Å². The average Bonchev–Trinajstić information content (AvgIpc) is 3.24. The molecule has 1 aromatic heterocycles. The first-order valence-electron chi connectivity index (χ1n) is 7.60. The van der Waals surface area contributed by atoms with Gasteiger partial charge < -0.3 is 10.1 Å². The highest BCUT2D eigenvalue weighted by molar-refractivity contribution is 5.91. The van der Waals surface area contributed by atoms with E-state index in [0.29, 0.717) is 12.2 Å². The second-order valence-corrected chi connectivity index (χ2v) is 5.52. The number of hydrogen-bond donors (Lipinski definition) is 1. The van der Waals surface area contributed by atoms with Crippen molar-refractivity contribution in [1.29, 1.82) is 0 Å². The Morgan fingerprint density at radius 3 is 3.00 bits per heavy atom. The van der Waals surface area contributed by atoms with Gasteiger partial charge in [-0.3, -0.25) is 4.79 Å². The van der Waals surface area contributed by atoms with Crippen molar-refractivity contribution in [3.8, 4) is 0 Å². The number of amides is 1. The van der Waals surface area contributed by atoms with Gasteiger partial charge in [0.25, 0.3) is 5.91 Å². The Morgan fingerprint density at radius 1 is 1.45 bits per heavy atom. The lowest BCUT2D eigenvalue weighted by Crippen LogP contribution is -2.32. The maximum absolute atomic E-state index is 12.1. The van der Waals surface area contributed by atoms with Crippen LogP contribution in [0.5, 0.6) is 0 Å². The van der Waals surface area contributed by atoms with E-state index in [1.54, 1.807) is 10.9 Å². The average molecular weight is 300 g/mol. The van der Waals surface area contributed by atoms with Crippen LogP contribution in [0.25, 0.3) is 0 Å². The summed E-state index contributed by atoms with van der Waals surface area (Å²) in [6.07, 6.45) is 3.87. The van der Waals surface area contributed by atoms with Gasteiger partial charge in [0.1, 0.15) is 0 Å². The lowest BCUT2D eigenvalue weighted by molar-refractivity contribution is 0.0853. The summed E-state index contributed by atoms with van der Waals surface area (Å²) in [6.45, 7) is 3.34. The third-order valence-corrected chi connectivity index (χ3v) is 3.94. The predicted octanol–water partition coefficient (Wildman–Crippen LogP) is 1.80. The van der Waals surface area contributed by atoms with Gasteiger partial charge in [-0.2, -0.15) is 0 Å². The fourth-order valence-electron chi connectivity index (χ4n) is 2.56. The number of rotatable bonds is 5. The minimum Gasteiger partial charge on any atom is -0.376 e. The molecule has 22 heavy (non-hydrogen) atoms. The lowest BCUT2D eigenvalue weighted by Gasteiger charge is -2.11. The molecular weight excluding hydrogens is 280 g/mol. The van der Waals surface area contributed by atoms with Crippen LogP contribution < -0.4 is 5.32 Å². The smallest absolute Gasteiger partial charge is 0.273 e. The second kappa shape index (κ2) is 6.70. The van der Waals surface area contributed by atoms with Crippen LogP contribution in [0.1, 0.15) is 41.9 Å². The van der Waals surface area contributed by atoms with Crippen LogP contribution in [0.4, 0.5) is 0 Å². The topological polar surface area (TPSA) is 69.0 Å². The van der Waals surface area contributed by atoms with Gasteiger partial charge >= 0.3 is 0 Å². The summed E-state index contributed by atoms with van der Waals surface area (Å²) in [4.78, 5) is 12.1. The van der Waals surface area contributed by atoms with Crippen LogP contribution in [0.3, 0.4) is 0 Å². The van der Waals surface area contributed by atoms with Crippen LogP contribution in [0, 0.1) is 0 Å². The van der Waals surface area contributed by atoms with Gasteiger partial charge in [-0.15, -0.1) is 5.10 Å². The quantitative estimate of drug-likeness (QED) is 0.914. The first kappa shape index (κ1) is 14.7. The summed E-state index contributed by atoms with van der Waals surface area (Å²) in [7, 11) is 0. The van der Waals surface area contributed by atoms with E-state index in [2.05, 4.69) is 15.6 Å². The summed E-state index contributed by atoms with van der Waals surface area (Å²) in [5, 5.41) is 10.9. The van der Waals surface area contributed by atoms with Gasteiger partial charge in [-0.25, -0.2) is 4.68 Å². The third-order valence-electron chi connectivity index (χ3n) is 3.94. The zero-order chi connectivity index (χ0) is 15.4. The molecule has 0 spiro atoms. The number of aromatic nitrogens is 3. The third kappa shape index (κ3) is 3.33. The molecule has 1 aromatic carbocycles. The molecule has 0 saturated carbocycles. The van der Waals surface area contributed by atoms with Gasteiger partial charge in [-0.05, 0) is 25.3 Å². The SMILES string of the molecule is C[C@@H](c1ccccc1)n1cc(C(=O)NC[C@@H]2CCCO2)nn1. The number of carbonyl (C=O) groups is 1. The first-order chi connectivity index (χ1) is 10.7. The molecule has 0 unspecified atom stereocenters. The van der Waals surface area contributed by atoms with E-state index < -0.39 is 0 Å². The molecule has 2 heterocycles. The number of nitrogens with zero attached hydrogens (tertiary/aromatic N) is 3. The highest BCUT2D eigenvalue weighted by Gasteiger charge is 2.19. The number of ether oxygens (including phenoxy) is 1. The Hall–Kier alpha value is -2.21. The molecule has 116 valence electrons. The molecule has 1 amide bonds. The standard InChI is InChI=1S/C16H20N4O2/c1-12(13-6-3-2-4-7-13)20-11-15(18-19-20)16(21)17-10-14-8-5-9-22-14/h2-4,6-7,11-12,14H,5,8-10H2,1H3,(H,17,21)/t12-,14-/m0/s1. The fourth-order valence-corrected chi connectivity index (χ4v) is 2.56. The summed E-state index contributed by atoms with van der Waals surface area (Å²) >= 11 is 0. The molecule has 2 aromatic rings. The van der Waals surface area contributed by atoms with Crippen LogP contribution in [-0.2, 0) is 4.74 Å². The maximum atomic E-state index is 12.1. The number of hydrogen-bond acceptors (Lipinski definition) is 4. The summed E-state index contributed by atoms with van der Waals surface area (Å²) in [6, 6.07) is 10.0. The Labute approximate surface area is 129 Å². The van der Waals surface area contributed by atoms with E-state index in [1.807, 2.05) is 37.3 Å². The first-order valence-corrected chi connectivity index (χ1v) is 7.60. The van der Waals surface area contributed by atoms with Crippen LogP contribution in [-0.4, -0.2) is 40.2 Å². The van der Waals surface area contributed by atoms with Gasteiger partial charge in [-0.1, -0.05) is 35.5 Å². The molecule has 3 rings (SSSR count). The van der Waals surface area contributed by atoms with E-state index >= 15 is 0 Å². The van der Waals surface area contributed by atoms with Crippen molar-refractivity contribution in [2.75, 3.05) is 13.2 Å². The zero-order valence-electron chi connectivity index (χ0n) is 12.6. The Kier molecular flexibility index (Phi) is 4.48. The fraction of sp³-hybridized carbons (Fsp3) is 0.438. The van der Waals surface area contributed by atoms with Gasteiger partial charge in [0, 0.05) is 13.2 Å². The van der Waals surface area contributed by atoms with E-state index in [4.69, 9.17) is 4.74 Å². The monoisotopic (exact) mass is 300 g/mol. The van der Waals surface area contributed by atoms with Crippen molar-refractivity contribution in [1.82, 2.24) is 20.3 Å². The molecule has 0 aliphatic carbocycles. The number of nitrogens with one attached hydrogen (secondary N) is 1. The molecule has 1 aliphatic heterocycles. The minimum absolute atomic E-state index is 0.0356. The highest BCUT2D eigenvalue weighted by Crippen LogP contribution is 2.16. The molecule has 1 aliphatic rings.